The lowest BCUT2D eigenvalue weighted by molar-refractivity contribution is -0.137. The molecule has 2 aromatic rings. The maximum atomic E-state index is 13.4. The van der Waals surface area contributed by atoms with E-state index in [-0.39, 0.29) is 29.2 Å². The average Bonchev–Trinajstić information content (AvgIpc) is 3.16. The van der Waals surface area contributed by atoms with Crippen LogP contribution in [0.1, 0.15) is 71.2 Å². The van der Waals surface area contributed by atoms with Gasteiger partial charge in [0.05, 0.1) is 17.6 Å². The number of fused-ring (bicyclic) bond motifs is 1. The molecule has 3 aliphatic rings. The number of hydrogen-bond donors (Lipinski definition) is 0. The monoisotopic (exact) mass is 540 g/mol. The summed E-state index contributed by atoms with van der Waals surface area (Å²) in [6.07, 6.45) is 6.02. The third-order valence-electron chi connectivity index (χ3n) is 8.81. The number of rotatable bonds is 5. The van der Waals surface area contributed by atoms with Gasteiger partial charge < -0.3 is 14.7 Å². The molecule has 1 amide bonds. The summed E-state index contributed by atoms with van der Waals surface area (Å²) in [6.45, 7) is 16.2. The predicted molar refractivity (Wildman–Crippen MR) is 150 cm³/mol. The van der Waals surface area contributed by atoms with Crippen LogP contribution in [0.3, 0.4) is 0 Å². The number of anilines is 3. The molecule has 3 atom stereocenters. The van der Waals surface area contributed by atoms with Crippen molar-refractivity contribution in [1.29, 1.82) is 0 Å². The third kappa shape index (κ3) is 4.06. The summed E-state index contributed by atoms with van der Waals surface area (Å²) in [7, 11) is -3.38. The highest BCUT2D eigenvalue weighted by atomic mass is 32.2. The van der Waals surface area contributed by atoms with Gasteiger partial charge in [-0.3, -0.25) is 9.78 Å². The van der Waals surface area contributed by atoms with Gasteiger partial charge in [-0.1, -0.05) is 27.2 Å². The number of aromatic nitrogens is 3. The molecular formula is C28H40N6O3S. The Bertz CT molecular complexity index is 1380. The largest absolute Gasteiger partial charge is 0.350 e. The Morgan fingerprint density at radius 1 is 1.08 bits per heavy atom. The Morgan fingerprint density at radius 2 is 1.79 bits per heavy atom. The molecule has 9 nitrogen and oxygen atoms in total. The Labute approximate surface area is 226 Å². The fourth-order valence-electron chi connectivity index (χ4n) is 6.22. The van der Waals surface area contributed by atoms with Crippen LogP contribution in [0.4, 0.5) is 17.3 Å². The number of pyridine rings is 1. The van der Waals surface area contributed by atoms with Crippen molar-refractivity contribution in [2.45, 2.75) is 90.0 Å². The van der Waals surface area contributed by atoms with Crippen LogP contribution < -0.4 is 9.80 Å². The van der Waals surface area contributed by atoms with Crippen LogP contribution in [0.15, 0.2) is 18.6 Å². The number of carbonyl (C=O) groups excluding carboxylic acids is 1. The summed E-state index contributed by atoms with van der Waals surface area (Å²) < 4.78 is 23.6. The zero-order chi connectivity index (χ0) is 27.6. The highest BCUT2D eigenvalue weighted by Crippen LogP contribution is 2.47. The maximum Gasteiger partial charge on any atom is 0.244 e. The quantitative estimate of drug-likeness (QED) is 0.568. The van der Waals surface area contributed by atoms with E-state index >= 15 is 0 Å². The van der Waals surface area contributed by atoms with E-state index in [0.29, 0.717) is 19.5 Å². The van der Waals surface area contributed by atoms with E-state index in [1.807, 2.05) is 13.1 Å². The summed E-state index contributed by atoms with van der Waals surface area (Å²) in [6, 6.07) is 2.07. The Balaban J connectivity index is 1.47. The van der Waals surface area contributed by atoms with E-state index in [0.717, 1.165) is 48.0 Å². The minimum atomic E-state index is -3.38. The summed E-state index contributed by atoms with van der Waals surface area (Å²) in [5, 5.41) is 0. The topological polar surface area (TPSA) is 99.6 Å². The Kier molecular flexibility index (Phi) is 6.48. The first-order valence-electron chi connectivity index (χ1n) is 13.7. The fourth-order valence-corrected chi connectivity index (χ4v) is 7.75. The Morgan fingerprint density at radius 3 is 2.42 bits per heavy atom. The van der Waals surface area contributed by atoms with Gasteiger partial charge in [0.1, 0.15) is 22.7 Å². The lowest BCUT2D eigenvalue weighted by Crippen LogP contribution is -2.66. The molecule has 0 aromatic carbocycles. The van der Waals surface area contributed by atoms with Crippen LogP contribution in [0.5, 0.6) is 0 Å². The highest BCUT2D eigenvalue weighted by Gasteiger charge is 2.57. The van der Waals surface area contributed by atoms with Gasteiger partial charge in [0.25, 0.3) is 0 Å². The van der Waals surface area contributed by atoms with E-state index in [1.165, 1.54) is 5.56 Å². The second kappa shape index (κ2) is 9.17. The molecule has 206 valence electrons. The molecule has 5 rings (SSSR count). The van der Waals surface area contributed by atoms with Crippen LogP contribution in [-0.4, -0.2) is 76.4 Å². The molecule has 0 bridgehead atoms. The average molecular weight is 541 g/mol. The maximum absolute atomic E-state index is 13.4. The second-order valence-corrected chi connectivity index (χ2v) is 14.7. The van der Waals surface area contributed by atoms with E-state index in [2.05, 4.69) is 55.5 Å². The minimum Gasteiger partial charge on any atom is -0.350 e. The van der Waals surface area contributed by atoms with Gasteiger partial charge >= 0.3 is 0 Å². The first kappa shape index (κ1) is 26.8. The fraction of sp³-hybridized carbons (Fsp3) is 0.643. The predicted octanol–water partition coefficient (Wildman–Crippen LogP) is 3.56. The summed E-state index contributed by atoms with van der Waals surface area (Å²) in [4.78, 5) is 33.9. The van der Waals surface area contributed by atoms with Crippen LogP contribution in [0.25, 0.3) is 0 Å². The zero-order valence-electron chi connectivity index (χ0n) is 23.7. The molecular weight excluding hydrogens is 500 g/mol. The van der Waals surface area contributed by atoms with Crippen LogP contribution in [-0.2, 0) is 26.5 Å². The number of nitrogens with zero attached hydrogens (tertiary/aromatic N) is 6. The Hall–Kier alpha value is -2.75. The molecule has 10 heteroatoms. The van der Waals surface area contributed by atoms with Crippen molar-refractivity contribution in [2.24, 2.45) is 0 Å². The number of aryl methyl sites for hydroxylation is 2. The van der Waals surface area contributed by atoms with E-state index in [4.69, 9.17) is 9.97 Å². The minimum absolute atomic E-state index is 0.0254. The van der Waals surface area contributed by atoms with Gasteiger partial charge in [0.2, 0.25) is 5.91 Å². The molecule has 3 aliphatic heterocycles. The molecule has 2 saturated heterocycles. The lowest BCUT2D eigenvalue weighted by atomic mass is 9.87. The molecule has 0 aliphatic carbocycles. The molecule has 0 saturated carbocycles. The van der Waals surface area contributed by atoms with E-state index < -0.39 is 14.6 Å². The molecule has 0 spiro atoms. The van der Waals surface area contributed by atoms with Gasteiger partial charge in [-0.25, -0.2) is 18.4 Å². The summed E-state index contributed by atoms with van der Waals surface area (Å²) in [5.41, 5.74) is 4.27. The lowest BCUT2D eigenvalue weighted by Gasteiger charge is -2.49. The third-order valence-corrected chi connectivity index (χ3v) is 11.3. The molecule has 2 aromatic heterocycles. The van der Waals surface area contributed by atoms with E-state index in [9.17, 15) is 13.2 Å². The van der Waals surface area contributed by atoms with Crippen molar-refractivity contribution in [3.8, 4) is 0 Å². The number of piperazine rings is 1. The van der Waals surface area contributed by atoms with Gasteiger partial charge in [-0.2, -0.15) is 0 Å². The van der Waals surface area contributed by atoms with Crippen LogP contribution >= 0.6 is 0 Å². The smallest absolute Gasteiger partial charge is 0.244 e. The van der Waals surface area contributed by atoms with Crippen molar-refractivity contribution in [2.75, 3.05) is 35.2 Å². The molecule has 0 radical (unpaired) electrons. The molecule has 1 unspecified atom stereocenters. The summed E-state index contributed by atoms with van der Waals surface area (Å²) >= 11 is 0. The number of carbonyl (C=O) groups is 1. The first-order valence-corrected chi connectivity index (χ1v) is 15.3. The standard InChI is InChI=1S/C28H40N6O3S/c1-8-9-21-12-22(13-29-20(21)4)34-16-27(5,6)23-24(30-17-31-25(23)34)32-14-19(3)33(15-18(32)2)26(35)28(7)10-11-38(28,36)37/h12-13,17-19H,8-11,14-16H2,1-7H3/t18-,19+,28?/m0/s1. The van der Waals surface area contributed by atoms with Crippen molar-refractivity contribution < 1.29 is 13.2 Å². The molecule has 38 heavy (non-hydrogen) atoms. The van der Waals surface area contributed by atoms with Crippen molar-refractivity contribution >= 4 is 33.1 Å². The van der Waals surface area contributed by atoms with Gasteiger partial charge in [0, 0.05) is 48.4 Å². The summed E-state index contributed by atoms with van der Waals surface area (Å²) in [5.74, 6) is 1.62. The van der Waals surface area contributed by atoms with Gasteiger partial charge in [0.15, 0.2) is 9.84 Å². The number of sulfone groups is 1. The van der Waals surface area contributed by atoms with Crippen molar-refractivity contribution in [3.05, 3.63) is 35.4 Å². The normalized spacial score (nSPS) is 27.7. The number of hydrogen-bond acceptors (Lipinski definition) is 8. The number of amides is 1. The SMILES string of the molecule is CCCc1cc(N2CC(C)(C)c3c2ncnc3N2C[C@@H](C)N(C(=O)C3(C)CCS3(=O)=O)C[C@@H]2C)cnc1C. The zero-order valence-corrected chi connectivity index (χ0v) is 24.5. The molecule has 2 fully saturated rings. The van der Waals surface area contributed by atoms with Crippen LogP contribution in [0, 0.1) is 6.92 Å². The van der Waals surface area contributed by atoms with Gasteiger partial charge in [-0.15, -0.1) is 0 Å². The van der Waals surface area contributed by atoms with E-state index in [1.54, 1.807) is 18.2 Å². The molecule has 5 heterocycles. The van der Waals surface area contributed by atoms with Gasteiger partial charge in [-0.05, 0) is 52.2 Å². The second-order valence-electron chi connectivity index (χ2n) is 12.2. The van der Waals surface area contributed by atoms with Crippen molar-refractivity contribution in [1.82, 2.24) is 19.9 Å². The first-order chi connectivity index (χ1) is 17.8. The highest BCUT2D eigenvalue weighted by molar-refractivity contribution is 7.95. The van der Waals surface area contributed by atoms with Crippen molar-refractivity contribution in [3.63, 3.8) is 0 Å². The van der Waals surface area contributed by atoms with Crippen LogP contribution in [0.2, 0.25) is 0 Å². The molecule has 0 N–H and O–H groups in total.